The molecule has 0 spiro atoms. The number of nitrogens with zero attached hydrogens (tertiary/aromatic N) is 1. The van der Waals surface area contributed by atoms with Gasteiger partial charge < -0.3 is 0 Å². The van der Waals surface area contributed by atoms with E-state index in [1.807, 2.05) is 6.08 Å². The standard InChI is InChI=1S/C14H25NO2S/c1-3-4-5-6-7-8-9-10-14(17)15(11-12-18)13(2)16/h9-10,18H,3-8,11-12H2,1-2H3. The molecule has 0 aromatic heterocycles. The van der Waals surface area contributed by atoms with Crippen molar-refractivity contribution in [1.82, 2.24) is 4.90 Å². The average Bonchev–Trinajstić information content (AvgIpc) is 2.34. The molecule has 18 heavy (non-hydrogen) atoms. The van der Waals surface area contributed by atoms with E-state index in [-0.39, 0.29) is 11.8 Å². The van der Waals surface area contributed by atoms with Crippen molar-refractivity contribution in [2.45, 2.75) is 52.4 Å². The van der Waals surface area contributed by atoms with E-state index in [2.05, 4.69) is 19.6 Å². The van der Waals surface area contributed by atoms with Crippen molar-refractivity contribution < 1.29 is 9.59 Å². The molecular weight excluding hydrogens is 246 g/mol. The lowest BCUT2D eigenvalue weighted by Gasteiger charge is -2.15. The molecular formula is C14H25NO2S. The van der Waals surface area contributed by atoms with E-state index in [1.54, 1.807) is 0 Å². The number of amides is 2. The monoisotopic (exact) mass is 271 g/mol. The molecule has 0 aliphatic carbocycles. The van der Waals surface area contributed by atoms with E-state index < -0.39 is 0 Å². The van der Waals surface area contributed by atoms with Crippen LogP contribution in [0, 0.1) is 0 Å². The molecule has 0 heterocycles. The third kappa shape index (κ3) is 8.34. The van der Waals surface area contributed by atoms with Gasteiger partial charge in [0.2, 0.25) is 5.91 Å². The molecule has 0 aliphatic rings. The third-order valence-corrected chi connectivity index (χ3v) is 2.90. The van der Waals surface area contributed by atoms with Crippen molar-refractivity contribution in [3.63, 3.8) is 0 Å². The predicted octanol–water partition coefficient (Wildman–Crippen LogP) is 3.21. The Balaban J connectivity index is 3.87. The van der Waals surface area contributed by atoms with Crippen LogP contribution >= 0.6 is 12.6 Å². The van der Waals surface area contributed by atoms with Gasteiger partial charge in [-0.05, 0) is 18.9 Å². The Morgan fingerprint density at radius 2 is 1.83 bits per heavy atom. The maximum absolute atomic E-state index is 11.7. The zero-order valence-corrected chi connectivity index (χ0v) is 12.4. The summed E-state index contributed by atoms with van der Waals surface area (Å²) in [6.07, 6.45) is 10.4. The quantitative estimate of drug-likeness (QED) is 0.397. The molecule has 104 valence electrons. The minimum absolute atomic E-state index is 0.221. The Morgan fingerprint density at radius 1 is 1.17 bits per heavy atom. The van der Waals surface area contributed by atoms with E-state index in [0.717, 1.165) is 12.8 Å². The van der Waals surface area contributed by atoms with Gasteiger partial charge in [-0.2, -0.15) is 12.6 Å². The van der Waals surface area contributed by atoms with Gasteiger partial charge in [0, 0.05) is 19.2 Å². The van der Waals surface area contributed by atoms with Crippen LogP contribution in [0.1, 0.15) is 52.4 Å². The van der Waals surface area contributed by atoms with Gasteiger partial charge in [-0.3, -0.25) is 14.5 Å². The van der Waals surface area contributed by atoms with Crippen LogP contribution < -0.4 is 0 Å². The van der Waals surface area contributed by atoms with Crippen molar-refractivity contribution in [1.29, 1.82) is 0 Å². The van der Waals surface area contributed by atoms with Crippen LogP contribution in [-0.2, 0) is 9.59 Å². The number of hydrogen-bond acceptors (Lipinski definition) is 3. The molecule has 0 saturated carbocycles. The highest BCUT2D eigenvalue weighted by molar-refractivity contribution is 7.80. The van der Waals surface area contributed by atoms with Gasteiger partial charge in [-0.25, -0.2) is 0 Å². The highest BCUT2D eigenvalue weighted by Crippen LogP contribution is 2.05. The van der Waals surface area contributed by atoms with Crippen LogP contribution in [0.2, 0.25) is 0 Å². The van der Waals surface area contributed by atoms with Gasteiger partial charge in [-0.1, -0.05) is 38.7 Å². The summed E-state index contributed by atoms with van der Waals surface area (Å²) < 4.78 is 0. The number of thiol groups is 1. The number of carbonyl (C=O) groups excluding carboxylic acids is 2. The lowest BCUT2D eigenvalue weighted by Crippen LogP contribution is -2.35. The molecule has 0 fully saturated rings. The molecule has 0 unspecified atom stereocenters. The number of unbranched alkanes of at least 4 members (excludes halogenated alkanes) is 5. The molecule has 2 amide bonds. The van der Waals surface area contributed by atoms with E-state index in [1.165, 1.54) is 43.6 Å². The first-order chi connectivity index (χ1) is 8.63. The van der Waals surface area contributed by atoms with Gasteiger partial charge in [0.15, 0.2) is 0 Å². The van der Waals surface area contributed by atoms with Gasteiger partial charge in [0.05, 0.1) is 0 Å². The molecule has 0 aliphatic heterocycles. The fourth-order valence-electron chi connectivity index (χ4n) is 1.66. The van der Waals surface area contributed by atoms with Gasteiger partial charge in [0.25, 0.3) is 5.91 Å². The predicted molar refractivity (Wildman–Crippen MR) is 78.8 cm³/mol. The van der Waals surface area contributed by atoms with Gasteiger partial charge in [0.1, 0.15) is 0 Å². The molecule has 4 heteroatoms. The minimum Gasteiger partial charge on any atom is -0.278 e. The highest BCUT2D eigenvalue weighted by atomic mass is 32.1. The number of imide groups is 1. The first kappa shape index (κ1) is 17.2. The molecule has 0 N–H and O–H groups in total. The second-order valence-corrected chi connectivity index (χ2v) is 4.78. The van der Waals surface area contributed by atoms with Crippen LogP contribution in [0.4, 0.5) is 0 Å². The van der Waals surface area contributed by atoms with Gasteiger partial charge >= 0.3 is 0 Å². The first-order valence-electron chi connectivity index (χ1n) is 6.73. The van der Waals surface area contributed by atoms with Crippen molar-refractivity contribution in [2.24, 2.45) is 0 Å². The summed E-state index contributed by atoms with van der Waals surface area (Å²) in [5.41, 5.74) is 0. The van der Waals surface area contributed by atoms with E-state index in [9.17, 15) is 9.59 Å². The molecule has 0 aromatic carbocycles. The molecule has 0 bridgehead atoms. The molecule has 0 saturated heterocycles. The maximum Gasteiger partial charge on any atom is 0.252 e. The van der Waals surface area contributed by atoms with Crippen LogP contribution in [-0.4, -0.2) is 29.0 Å². The van der Waals surface area contributed by atoms with Gasteiger partial charge in [-0.15, -0.1) is 0 Å². The second-order valence-electron chi connectivity index (χ2n) is 4.34. The van der Waals surface area contributed by atoms with Crippen LogP contribution in [0.3, 0.4) is 0 Å². The Morgan fingerprint density at radius 3 is 2.39 bits per heavy atom. The normalized spacial score (nSPS) is 10.8. The number of allylic oxidation sites excluding steroid dienone is 1. The summed E-state index contributed by atoms with van der Waals surface area (Å²) in [5.74, 6) is 0.0441. The van der Waals surface area contributed by atoms with Crippen molar-refractivity contribution in [3.05, 3.63) is 12.2 Å². The Labute approximate surface area is 116 Å². The zero-order chi connectivity index (χ0) is 13.8. The fraction of sp³-hybridized carbons (Fsp3) is 0.714. The fourth-order valence-corrected chi connectivity index (χ4v) is 1.86. The molecule has 0 radical (unpaired) electrons. The summed E-state index contributed by atoms with van der Waals surface area (Å²) in [5, 5.41) is 0. The van der Waals surface area contributed by atoms with Crippen molar-refractivity contribution in [3.8, 4) is 0 Å². The lowest BCUT2D eigenvalue weighted by molar-refractivity contribution is -0.140. The molecule has 3 nitrogen and oxygen atoms in total. The molecule has 0 aromatic rings. The summed E-state index contributed by atoms with van der Waals surface area (Å²) in [4.78, 5) is 24.1. The third-order valence-electron chi connectivity index (χ3n) is 2.70. The summed E-state index contributed by atoms with van der Waals surface area (Å²) in [6, 6.07) is 0. The maximum atomic E-state index is 11.7. The highest BCUT2D eigenvalue weighted by Gasteiger charge is 2.13. The van der Waals surface area contributed by atoms with Crippen molar-refractivity contribution >= 4 is 24.4 Å². The summed E-state index contributed by atoms with van der Waals surface area (Å²) in [6.45, 7) is 3.97. The van der Waals surface area contributed by atoms with E-state index in [0.29, 0.717) is 12.3 Å². The van der Waals surface area contributed by atoms with E-state index in [4.69, 9.17) is 0 Å². The lowest BCUT2D eigenvalue weighted by atomic mass is 10.1. The Kier molecular flexibility index (Phi) is 10.8. The molecule has 0 rings (SSSR count). The zero-order valence-electron chi connectivity index (χ0n) is 11.5. The SMILES string of the molecule is CCCCCCCC=CC(=O)N(CCS)C(C)=O. The van der Waals surface area contributed by atoms with Crippen molar-refractivity contribution in [2.75, 3.05) is 12.3 Å². The second kappa shape index (κ2) is 11.3. The summed E-state index contributed by atoms with van der Waals surface area (Å²) in [7, 11) is 0. The van der Waals surface area contributed by atoms with E-state index >= 15 is 0 Å². The number of carbonyl (C=O) groups is 2. The Bertz CT molecular complexity index is 277. The number of rotatable bonds is 9. The Hall–Kier alpha value is -0.770. The minimum atomic E-state index is -0.231. The first-order valence-corrected chi connectivity index (χ1v) is 7.36. The smallest absolute Gasteiger partial charge is 0.252 e. The topological polar surface area (TPSA) is 37.4 Å². The molecule has 0 atom stereocenters. The average molecular weight is 271 g/mol. The van der Waals surface area contributed by atoms with Crippen LogP contribution in [0.25, 0.3) is 0 Å². The van der Waals surface area contributed by atoms with Crippen LogP contribution in [0.5, 0.6) is 0 Å². The largest absolute Gasteiger partial charge is 0.278 e. The number of hydrogen-bond donors (Lipinski definition) is 1. The summed E-state index contributed by atoms with van der Waals surface area (Å²) >= 11 is 4.04. The van der Waals surface area contributed by atoms with Crippen LogP contribution in [0.15, 0.2) is 12.2 Å².